The van der Waals surface area contributed by atoms with E-state index in [1.54, 1.807) is 25.1 Å². The fraction of sp³-hybridized carbons (Fsp3) is 0.235. The zero-order chi connectivity index (χ0) is 16.1. The average Bonchev–Trinajstić information content (AvgIpc) is 2.52. The van der Waals surface area contributed by atoms with Crippen molar-refractivity contribution in [3.8, 4) is 0 Å². The molecule has 0 spiro atoms. The molecule has 0 aliphatic carbocycles. The van der Waals surface area contributed by atoms with Gasteiger partial charge in [0.05, 0.1) is 12.7 Å². The standard InChI is InChI=1S/C17H17F2NO2/c1-11(15-7-6-14(18)9-16(15)19)20-10-12-4-3-5-13(8-12)17(21)22-2/h3-9,11,20H,10H2,1-2H3. The molecule has 0 fully saturated rings. The maximum absolute atomic E-state index is 13.7. The van der Waals surface area contributed by atoms with Crippen molar-refractivity contribution in [1.29, 1.82) is 0 Å². The average molecular weight is 305 g/mol. The summed E-state index contributed by atoms with van der Waals surface area (Å²) in [5.74, 6) is -1.58. The minimum absolute atomic E-state index is 0.289. The summed E-state index contributed by atoms with van der Waals surface area (Å²) in [6.07, 6.45) is 0. The molecule has 5 heteroatoms. The molecule has 0 saturated heterocycles. The van der Waals surface area contributed by atoms with Crippen LogP contribution in [0.25, 0.3) is 0 Å². The molecular weight excluding hydrogens is 288 g/mol. The second-order valence-corrected chi connectivity index (χ2v) is 4.96. The van der Waals surface area contributed by atoms with E-state index in [9.17, 15) is 13.6 Å². The molecule has 2 aromatic carbocycles. The third-order valence-electron chi connectivity index (χ3n) is 3.39. The molecule has 0 bridgehead atoms. The topological polar surface area (TPSA) is 38.3 Å². The number of hydrogen-bond acceptors (Lipinski definition) is 3. The van der Waals surface area contributed by atoms with Crippen molar-refractivity contribution >= 4 is 5.97 Å². The van der Waals surface area contributed by atoms with Crippen LogP contribution in [0, 0.1) is 11.6 Å². The number of carbonyl (C=O) groups is 1. The first kappa shape index (κ1) is 16.1. The van der Waals surface area contributed by atoms with Crippen molar-refractivity contribution in [3.05, 3.63) is 70.8 Å². The molecule has 0 radical (unpaired) electrons. The Kier molecular flexibility index (Phi) is 5.22. The van der Waals surface area contributed by atoms with Gasteiger partial charge in [-0.05, 0) is 30.7 Å². The van der Waals surface area contributed by atoms with Gasteiger partial charge >= 0.3 is 5.97 Å². The summed E-state index contributed by atoms with van der Waals surface area (Å²) in [5.41, 5.74) is 1.73. The quantitative estimate of drug-likeness (QED) is 0.858. The van der Waals surface area contributed by atoms with E-state index >= 15 is 0 Å². The van der Waals surface area contributed by atoms with Crippen molar-refractivity contribution in [2.24, 2.45) is 0 Å². The van der Waals surface area contributed by atoms with Gasteiger partial charge in [-0.15, -0.1) is 0 Å². The van der Waals surface area contributed by atoms with Crippen LogP contribution in [-0.2, 0) is 11.3 Å². The zero-order valence-electron chi connectivity index (χ0n) is 12.4. The van der Waals surface area contributed by atoms with Gasteiger partial charge in [0, 0.05) is 24.2 Å². The normalized spacial score (nSPS) is 12.0. The van der Waals surface area contributed by atoms with Gasteiger partial charge in [0.1, 0.15) is 11.6 Å². The molecule has 0 aliphatic heterocycles. The van der Waals surface area contributed by atoms with Crippen LogP contribution in [0.5, 0.6) is 0 Å². The molecule has 2 rings (SSSR count). The van der Waals surface area contributed by atoms with Gasteiger partial charge in [0.15, 0.2) is 0 Å². The Morgan fingerprint density at radius 3 is 2.68 bits per heavy atom. The Morgan fingerprint density at radius 2 is 2.00 bits per heavy atom. The van der Waals surface area contributed by atoms with Gasteiger partial charge in [-0.1, -0.05) is 18.2 Å². The van der Waals surface area contributed by atoms with Crippen LogP contribution < -0.4 is 5.32 Å². The van der Waals surface area contributed by atoms with Gasteiger partial charge in [0.2, 0.25) is 0 Å². The first-order valence-corrected chi connectivity index (χ1v) is 6.87. The lowest BCUT2D eigenvalue weighted by Crippen LogP contribution is -2.19. The third-order valence-corrected chi connectivity index (χ3v) is 3.39. The van der Waals surface area contributed by atoms with Crippen molar-refractivity contribution in [1.82, 2.24) is 5.32 Å². The summed E-state index contributed by atoms with van der Waals surface area (Å²) in [6, 6.07) is 10.2. The summed E-state index contributed by atoms with van der Waals surface area (Å²) < 4.78 is 31.3. The van der Waals surface area contributed by atoms with Crippen LogP contribution in [0.4, 0.5) is 8.78 Å². The number of nitrogens with one attached hydrogen (secondary N) is 1. The lowest BCUT2D eigenvalue weighted by Gasteiger charge is -2.15. The van der Waals surface area contributed by atoms with Crippen LogP contribution in [0.1, 0.15) is 34.5 Å². The third kappa shape index (κ3) is 3.89. The van der Waals surface area contributed by atoms with E-state index in [0.29, 0.717) is 17.7 Å². The molecule has 0 heterocycles. The fourth-order valence-corrected chi connectivity index (χ4v) is 2.16. The van der Waals surface area contributed by atoms with Gasteiger partial charge < -0.3 is 10.1 Å². The number of carbonyl (C=O) groups excluding carboxylic acids is 1. The van der Waals surface area contributed by atoms with E-state index in [1.807, 2.05) is 6.07 Å². The van der Waals surface area contributed by atoms with Crippen LogP contribution >= 0.6 is 0 Å². The summed E-state index contributed by atoms with van der Waals surface area (Å²) in [5, 5.41) is 3.15. The molecule has 0 amide bonds. The van der Waals surface area contributed by atoms with E-state index in [0.717, 1.165) is 11.6 Å². The van der Waals surface area contributed by atoms with E-state index in [-0.39, 0.29) is 6.04 Å². The summed E-state index contributed by atoms with van der Waals surface area (Å²) in [4.78, 5) is 11.5. The lowest BCUT2D eigenvalue weighted by atomic mass is 10.1. The van der Waals surface area contributed by atoms with E-state index < -0.39 is 17.6 Å². The van der Waals surface area contributed by atoms with Crippen molar-refractivity contribution < 1.29 is 18.3 Å². The predicted molar refractivity (Wildman–Crippen MR) is 79.4 cm³/mol. The Bertz CT molecular complexity index is 673. The molecule has 0 saturated carbocycles. The maximum Gasteiger partial charge on any atom is 0.337 e. The summed E-state index contributed by atoms with van der Waals surface area (Å²) in [7, 11) is 1.33. The molecule has 1 atom stereocenters. The van der Waals surface area contributed by atoms with E-state index in [2.05, 4.69) is 10.1 Å². The second kappa shape index (κ2) is 7.13. The summed E-state index contributed by atoms with van der Waals surface area (Å²) >= 11 is 0. The Labute approximate surface area is 127 Å². The molecule has 22 heavy (non-hydrogen) atoms. The Morgan fingerprint density at radius 1 is 1.23 bits per heavy atom. The monoisotopic (exact) mass is 305 g/mol. The lowest BCUT2D eigenvalue weighted by molar-refractivity contribution is 0.0600. The van der Waals surface area contributed by atoms with Crippen LogP contribution in [0.15, 0.2) is 42.5 Å². The molecule has 2 aromatic rings. The fourth-order valence-electron chi connectivity index (χ4n) is 2.16. The highest BCUT2D eigenvalue weighted by Crippen LogP contribution is 2.18. The van der Waals surface area contributed by atoms with E-state index in [4.69, 9.17) is 0 Å². The van der Waals surface area contributed by atoms with Crippen molar-refractivity contribution in [2.75, 3.05) is 7.11 Å². The molecule has 1 N–H and O–H groups in total. The minimum Gasteiger partial charge on any atom is -0.465 e. The second-order valence-electron chi connectivity index (χ2n) is 4.96. The highest BCUT2D eigenvalue weighted by Gasteiger charge is 2.12. The molecule has 3 nitrogen and oxygen atoms in total. The minimum atomic E-state index is -0.598. The molecule has 116 valence electrons. The SMILES string of the molecule is COC(=O)c1cccc(CNC(C)c2ccc(F)cc2F)c1. The summed E-state index contributed by atoms with van der Waals surface area (Å²) in [6.45, 7) is 2.24. The van der Waals surface area contributed by atoms with Crippen molar-refractivity contribution in [3.63, 3.8) is 0 Å². The van der Waals surface area contributed by atoms with Gasteiger partial charge in [0.25, 0.3) is 0 Å². The maximum atomic E-state index is 13.7. The number of rotatable bonds is 5. The van der Waals surface area contributed by atoms with Crippen molar-refractivity contribution in [2.45, 2.75) is 19.5 Å². The zero-order valence-corrected chi connectivity index (χ0v) is 12.4. The number of halogens is 2. The number of esters is 1. The smallest absolute Gasteiger partial charge is 0.337 e. The molecule has 0 aliphatic rings. The van der Waals surface area contributed by atoms with Gasteiger partial charge in [-0.2, -0.15) is 0 Å². The predicted octanol–water partition coefficient (Wildman–Crippen LogP) is 3.60. The van der Waals surface area contributed by atoms with Crippen LogP contribution in [-0.4, -0.2) is 13.1 Å². The van der Waals surface area contributed by atoms with Gasteiger partial charge in [-0.3, -0.25) is 0 Å². The number of methoxy groups -OCH3 is 1. The Hall–Kier alpha value is -2.27. The molecule has 0 aromatic heterocycles. The number of hydrogen-bond donors (Lipinski definition) is 1. The first-order chi connectivity index (χ1) is 10.5. The highest BCUT2D eigenvalue weighted by molar-refractivity contribution is 5.89. The molecule has 1 unspecified atom stereocenters. The van der Waals surface area contributed by atoms with Gasteiger partial charge in [-0.25, -0.2) is 13.6 Å². The first-order valence-electron chi connectivity index (χ1n) is 6.87. The largest absolute Gasteiger partial charge is 0.465 e. The highest BCUT2D eigenvalue weighted by atomic mass is 19.1. The van der Waals surface area contributed by atoms with Crippen LogP contribution in [0.2, 0.25) is 0 Å². The van der Waals surface area contributed by atoms with E-state index in [1.165, 1.54) is 19.2 Å². The van der Waals surface area contributed by atoms with Crippen LogP contribution in [0.3, 0.4) is 0 Å². The Balaban J connectivity index is 2.04. The number of ether oxygens (including phenoxy) is 1. The number of benzene rings is 2. The molecular formula is C17H17F2NO2.